The summed E-state index contributed by atoms with van der Waals surface area (Å²) >= 11 is 0. The summed E-state index contributed by atoms with van der Waals surface area (Å²) < 4.78 is 5.77. The Bertz CT molecular complexity index is 658. The minimum Gasteiger partial charge on any atom is -0.437 e. The molecule has 0 bridgehead atoms. The standard InChI is InChI=1S/C15H17N3O2/c1-8-4-12(16)15(18-7-8)20-13-9(2)5-11(14(17)19)6-10(13)3/h4-7H,16H2,1-3H3,(H2,17,19). The molecule has 0 aliphatic carbocycles. The van der Waals surface area contributed by atoms with Gasteiger partial charge in [0.25, 0.3) is 0 Å². The molecule has 0 fully saturated rings. The summed E-state index contributed by atoms with van der Waals surface area (Å²) in [7, 11) is 0. The second-order valence-electron chi connectivity index (χ2n) is 4.81. The lowest BCUT2D eigenvalue weighted by Crippen LogP contribution is -2.11. The second kappa shape index (κ2) is 5.21. The van der Waals surface area contributed by atoms with Gasteiger partial charge in [-0.1, -0.05) is 0 Å². The number of nitrogen functional groups attached to an aromatic ring is 1. The fourth-order valence-corrected chi connectivity index (χ4v) is 2.01. The molecule has 0 saturated heterocycles. The number of amides is 1. The number of primary amides is 1. The van der Waals surface area contributed by atoms with Crippen molar-refractivity contribution < 1.29 is 9.53 Å². The molecule has 0 radical (unpaired) electrons. The zero-order valence-corrected chi connectivity index (χ0v) is 11.7. The Morgan fingerprint density at radius 3 is 2.25 bits per heavy atom. The molecule has 2 rings (SSSR count). The summed E-state index contributed by atoms with van der Waals surface area (Å²) in [6, 6.07) is 5.18. The van der Waals surface area contributed by atoms with Gasteiger partial charge in [0, 0.05) is 11.8 Å². The van der Waals surface area contributed by atoms with Crippen LogP contribution in [0.15, 0.2) is 24.4 Å². The predicted molar refractivity (Wildman–Crippen MR) is 77.9 cm³/mol. The number of nitrogens with zero attached hydrogens (tertiary/aromatic N) is 1. The van der Waals surface area contributed by atoms with E-state index in [1.165, 1.54) is 0 Å². The Morgan fingerprint density at radius 1 is 1.15 bits per heavy atom. The van der Waals surface area contributed by atoms with Crippen molar-refractivity contribution in [2.24, 2.45) is 5.73 Å². The molecular formula is C15H17N3O2. The number of nitrogens with two attached hydrogens (primary N) is 2. The van der Waals surface area contributed by atoms with Crippen LogP contribution in [0.1, 0.15) is 27.0 Å². The molecule has 0 aliphatic rings. The number of benzene rings is 1. The molecule has 2 aromatic rings. The summed E-state index contributed by atoms with van der Waals surface area (Å²) in [5, 5.41) is 0. The lowest BCUT2D eigenvalue weighted by molar-refractivity contribution is 0.1000. The number of rotatable bonds is 3. The topological polar surface area (TPSA) is 91.2 Å². The van der Waals surface area contributed by atoms with Gasteiger partial charge in [0.05, 0.1) is 5.69 Å². The van der Waals surface area contributed by atoms with Gasteiger partial charge in [-0.2, -0.15) is 0 Å². The summed E-state index contributed by atoms with van der Waals surface area (Å²) in [6.45, 7) is 5.60. The number of hydrogen-bond donors (Lipinski definition) is 2. The maximum atomic E-state index is 11.2. The number of anilines is 1. The Balaban J connectivity index is 2.41. The van der Waals surface area contributed by atoms with Crippen LogP contribution in [0.3, 0.4) is 0 Å². The monoisotopic (exact) mass is 271 g/mol. The third-order valence-corrected chi connectivity index (χ3v) is 2.96. The van der Waals surface area contributed by atoms with Gasteiger partial charge in [-0.05, 0) is 55.7 Å². The van der Waals surface area contributed by atoms with E-state index in [-0.39, 0.29) is 0 Å². The summed E-state index contributed by atoms with van der Waals surface area (Å²) in [4.78, 5) is 15.4. The molecule has 1 amide bonds. The van der Waals surface area contributed by atoms with Crippen molar-refractivity contribution in [3.63, 3.8) is 0 Å². The van der Waals surface area contributed by atoms with Gasteiger partial charge in [-0.25, -0.2) is 4.98 Å². The van der Waals surface area contributed by atoms with Crippen molar-refractivity contribution >= 4 is 11.6 Å². The van der Waals surface area contributed by atoms with E-state index in [1.807, 2.05) is 20.8 Å². The number of pyridine rings is 1. The summed E-state index contributed by atoms with van der Waals surface area (Å²) in [5.74, 6) is 0.530. The molecule has 0 atom stereocenters. The van der Waals surface area contributed by atoms with E-state index in [2.05, 4.69) is 4.98 Å². The van der Waals surface area contributed by atoms with Crippen molar-refractivity contribution in [1.82, 2.24) is 4.98 Å². The van der Waals surface area contributed by atoms with E-state index in [4.69, 9.17) is 16.2 Å². The van der Waals surface area contributed by atoms with Crippen LogP contribution in [0.4, 0.5) is 5.69 Å². The molecule has 1 aromatic heterocycles. The highest BCUT2D eigenvalue weighted by molar-refractivity contribution is 5.93. The first-order valence-corrected chi connectivity index (χ1v) is 6.19. The van der Waals surface area contributed by atoms with Gasteiger partial charge in [0.2, 0.25) is 11.8 Å². The maximum Gasteiger partial charge on any atom is 0.248 e. The van der Waals surface area contributed by atoms with Crippen molar-refractivity contribution in [3.05, 3.63) is 46.6 Å². The minimum absolute atomic E-state index is 0.355. The molecule has 0 unspecified atom stereocenters. The molecule has 0 aliphatic heterocycles. The van der Waals surface area contributed by atoms with Crippen molar-refractivity contribution in [1.29, 1.82) is 0 Å². The Morgan fingerprint density at radius 2 is 1.75 bits per heavy atom. The molecule has 0 spiro atoms. The Labute approximate surface area is 117 Å². The molecule has 1 heterocycles. The molecule has 104 valence electrons. The predicted octanol–water partition coefficient (Wildman–Crippen LogP) is 2.48. The van der Waals surface area contributed by atoms with Crippen LogP contribution in [0, 0.1) is 20.8 Å². The van der Waals surface area contributed by atoms with Crippen LogP contribution in [0.5, 0.6) is 11.6 Å². The van der Waals surface area contributed by atoms with Crippen LogP contribution < -0.4 is 16.2 Å². The number of aryl methyl sites for hydroxylation is 3. The normalized spacial score (nSPS) is 10.3. The van der Waals surface area contributed by atoms with Gasteiger partial charge >= 0.3 is 0 Å². The van der Waals surface area contributed by atoms with E-state index in [9.17, 15) is 4.79 Å². The zero-order chi connectivity index (χ0) is 14.9. The first kappa shape index (κ1) is 13.9. The van der Waals surface area contributed by atoms with E-state index in [0.717, 1.165) is 16.7 Å². The highest BCUT2D eigenvalue weighted by Gasteiger charge is 2.12. The number of hydrogen-bond acceptors (Lipinski definition) is 4. The van der Waals surface area contributed by atoms with Gasteiger partial charge in [-0.15, -0.1) is 0 Å². The molecule has 1 aromatic carbocycles. The smallest absolute Gasteiger partial charge is 0.248 e. The highest BCUT2D eigenvalue weighted by Crippen LogP contribution is 2.31. The Kier molecular flexibility index (Phi) is 3.61. The largest absolute Gasteiger partial charge is 0.437 e. The number of ether oxygens (including phenoxy) is 1. The summed E-state index contributed by atoms with van der Waals surface area (Å²) in [5.41, 5.74) is 14.7. The van der Waals surface area contributed by atoms with Gasteiger partial charge in [0.15, 0.2) is 0 Å². The number of aromatic nitrogens is 1. The Hall–Kier alpha value is -2.56. The highest BCUT2D eigenvalue weighted by atomic mass is 16.5. The first-order valence-electron chi connectivity index (χ1n) is 6.19. The van der Waals surface area contributed by atoms with Crippen LogP contribution in [-0.2, 0) is 0 Å². The molecule has 4 N–H and O–H groups in total. The van der Waals surface area contributed by atoms with Gasteiger partial charge < -0.3 is 16.2 Å². The van der Waals surface area contributed by atoms with Crippen LogP contribution in [-0.4, -0.2) is 10.9 Å². The first-order chi connectivity index (χ1) is 9.38. The van der Waals surface area contributed by atoms with Crippen LogP contribution in [0.2, 0.25) is 0 Å². The molecule has 0 saturated carbocycles. The quantitative estimate of drug-likeness (QED) is 0.897. The van der Waals surface area contributed by atoms with E-state index >= 15 is 0 Å². The molecule has 5 heteroatoms. The van der Waals surface area contributed by atoms with E-state index in [1.54, 1.807) is 24.4 Å². The van der Waals surface area contributed by atoms with E-state index < -0.39 is 5.91 Å². The SMILES string of the molecule is Cc1cnc(Oc2c(C)cc(C(N)=O)cc2C)c(N)c1. The van der Waals surface area contributed by atoms with Crippen molar-refractivity contribution in [2.45, 2.75) is 20.8 Å². The fourth-order valence-electron chi connectivity index (χ4n) is 2.01. The van der Waals surface area contributed by atoms with Gasteiger partial charge in [0.1, 0.15) is 5.75 Å². The number of carbonyl (C=O) groups excluding carboxylic acids is 1. The van der Waals surface area contributed by atoms with Crippen LogP contribution >= 0.6 is 0 Å². The summed E-state index contributed by atoms with van der Waals surface area (Å²) in [6.07, 6.45) is 1.69. The van der Waals surface area contributed by atoms with Gasteiger partial charge in [-0.3, -0.25) is 4.79 Å². The molecular weight excluding hydrogens is 254 g/mol. The fraction of sp³-hybridized carbons (Fsp3) is 0.200. The maximum absolute atomic E-state index is 11.2. The zero-order valence-electron chi connectivity index (χ0n) is 11.7. The lowest BCUT2D eigenvalue weighted by atomic mass is 10.1. The van der Waals surface area contributed by atoms with E-state index in [0.29, 0.717) is 22.9 Å². The van der Waals surface area contributed by atoms with Crippen LogP contribution in [0.25, 0.3) is 0 Å². The number of carbonyl (C=O) groups is 1. The third-order valence-electron chi connectivity index (χ3n) is 2.96. The average Bonchev–Trinajstić information content (AvgIpc) is 2.35. The minimum atomic E-state index is -0.462. The third kappa shape index (κ3) is 2.71. The van der Waals surface area contributed by atoms with Crippen molar-refractivity contribution in [2.75, 3.05) is 5.73 Å². The molecule has 20 heavy (non-hydrogen) atoms. The molecule has 5 nitrogen and oxygen atoms in total. The second-order valence-corrected chi connectivity index (χ2v) is 4.81. The lowest BCUT2D eigenvalue weighted by Gasteiger charge is -2.13. The average molecular weight is 271 g/mol. The van der Waals surface area contributed by atoms with Crippen molar-refractivity contribution in [3.8, 4) is 11.6 Å².